The summed E-state index contributed by atoms with van der Waals surface area (Å²) in [5, 5.41) is 5.78. The molecule has 5 nitrogen and oxygen atoms in total. The highest BCUT2D eigenvalue weighted by molar-refractivity contribution is 6.40. The molecule has 2 aliphatic heterocycles. The SMILES string of the molecule is Cc1cccc(N2N=C(C(=O)N3CCCC[C@H]3C)CCC2=O)c1. The molecule has 2 heterocycles. The molecule has 2 amide bonds. The van der Waals surface area contributed by atoms with Gasteiger partial charge in [0.05, 0.1) is 5.69 Å². The average Bonchev–Trinajstić information content (AvgIpc) is 2.55. The van der Waals surface area contributed by atoms with E-state index in [1.54, 1.807) is 0 Å². The normalized spacial score (nSPS) is 22.1. The molecule has 3 rings (SSSR count). The molecule has 0 bridgehead atoms. The van der Waals surface area contributed by atoms with E-state index in [9.17, 15) is 9.59 Å². The van der Waals surface area contributed by atoms with Crippen molar-refractivity contribution in [2.45, 2.75) is 52.0 Å². The standard InChI is InChI=1S/C18H23N3O2/c1-13-6-5-8-15(12-13)21-17(22)10-9-16(19-21)18(23)20-11-4-3-7-14(20)2/h5-6,8,12,14H,3-4,7,9-11H2,1-2H3/t14-/m1/s1. The van der Waals surface area contributed by atoms with Gasteiger partial charge in [-0.3, -0.25) is 9.59 Å². The Morgan fingerprint density at radius 3 is 2.83 bits per heavy atom. The van der Waals surface area contributed by atoms with Gasteiger partial charge in [-0.15, -0.1) is 0 Å². The highest BCUT2D eigenvalue weighted by atomic mass is 16.2. The lowest BCUT2D eigenvalue weighted by molar-refractivity contribution is -0.127. The Hall–Kier alpha value is -2.17. The summed E-state index contributed by atoms with van der Waals surface area (Å²) in [4.78, 5) is 26.9. The van der Waals surface area contributed by atoms with Gasteiger partial charge < -0.3 is 4.90 Å². The van der Waals surface area contributed by atoms with Crippen LogP contribution in [0.5, 0.6) is 0 Å². The fourth-order valence-electron chi connectivity index (χ4n) is 3.23. The summed E-state index contributed by atoms with van der Waals surface area (Å²) in [5.74, 6) is -0.0683. The lowest BCUT2D eigenvalue weighted by atomic mass is 10.0. The largest absolute Gasteiger partial charge is 0.335 e. The number of benzene rings is 1. The van der Waals surface area contributed by atoms with E-state index in [0.29, 0.717) is 18.6 Å². The second kappa shape index (κ2) is 6.52. The molecule has 0 N–H and O–H groups in total. The minimum Gasteiger partial charge on any atom is -0.335 e. The van der Waals surface area contributed by atoms with E-state index in [0.717, 1.165) is 30.6 Å². The number of piperidine rings is 1. The fraction of sp³-hybridized carbons (Fsp3) is 0.500. The van der Waals surface area contributed by atoms with Gasteiger partial charge in [-0.05, 0) is 50.8 Å². The molecule has 1 atom stereocenters. The van der Waals surface area contributed by atoms with Crippen molar-refractivity contribution in [1.82, 2.24) is 4.90 Å². The molecular weight excluding hydrogens is 290 g/mol. The van der Waals surface area contributed by atoms with E-state index >= 15 is 0 Å². The Morgan fingerprint density at radius 2 is 2.09 bits per heavy atom. The number of carbonyl (C=O) groups is 2. The maximum atomic E-state index is 12.8. The zero-order valence-electron chi connectivity index (χ0n) is 13.8. The molecule has 0 saturated carbocycles. The summed E-state index contributed by atoms with van der Waals surface area (Å²) in [6.07, 6.45) is 4.03. The Bertz CT molecular complexity index is 653. The smallest absolute Gasteiger partial charge is 0.270 e. The van der Waals surface area contributed by atoms with Crippen LogP contribution in [0.2, 0.25) is 0 Å². The number of anilines is 1. The number of aryl methyl sites for hydroxylation is 1. The molecule has 1 aromatic rings. The molecule has 0 radical (unpaired) electrons. The van der Waals surface area contributed by atoms with E-state index in [1.807, 2.05) is 36.1 Å². The van der Waals surface area contributed by atoms with Crippen LogP contribution in [0, 0.1) is 6.92 Å². The Balaban J connectivity index is 1.86. The predicted molar refractivity (Wildman–Crippen MR) is 90.4 cm³/mol. The Labute approximate surface area is 137 Å². The number of likely N-dealkylation sites (tertiary alicyclic amines) is 1. The highest BCUT2D eigenvalue weighted by Gasteiger charge is 2.31. The second-order valence-corrected chi connectivity index (χ2v) is 6.43. The molecule has 1 fully saturated rings. The van der Waals surface area contributed by atoms with Gasteiger partial charge in [-0.1, -0.05) is 12.1 Å². The van der Waals surface area contributed by atoms with Gasteiger partial charge in [-0.2, -0.15) is 5.10 Å². The zero-order chi connectivity index (χ0) is 16.4. The van der Waals surface area contributed by atoms with Crippen molar-refractivity contribution < 1.29 is 9.59 Å². The molecule has 23 heavy (non-hydrogen) atoms. The van der Waals surface area contributed by atoms with Crippen molar-refractivity contribution >= 4 is 23.2 Å². The van der Waals surface area contributed by atoms with Crippen molar-refractivity contribution in [3.63, 3.8) is 0 Å². The third kappa shape index (κ3) is 3.28. The molecule has 122 valence electrons. The third-order valence-corrected chi connectivity index (χ3v) is 4.59. The molecule has 2 aliphatic rings. The average molecular weight is 313 g/mol. The number of rotatable bonds is 2. The van der Waals surface area contributed by atoms with Crippen molar-refractivity contribution in [3.05, 3.63) is 29.8 Å². The predicted octanol–water partition coefficient (Wildman–Crippen LogP) is 2.88. The first-order valence-electron chi connectivity index (χ1n) is 8.34. The zero-order valence-corrected chi connectivity index (χ0v) is 13.8. The van der Waals surface area contributed by atoms with Crippen molar-refractivity contribution in [2.75, 3.05) is 11.6 Å². The maximum absolute atomic E-state index is 12.8. The van der Waals surface area contributed by atoms with Crippen LogP contribution in [0.1, 0.15) is 44.6 Å². The van der Waals surface area contributed by atoms with Crippen LogP contribution in [0.3, 0.4) is 0 Å². The number of carbonyl (C=O) groups excluding carboxylic acids is 2. The molecule has 0 aromatic heterocycles. The van der Waals surface area contributed by atoms with E-state index in [-0.39, 0.29) is 17.9 Å². The molecule has 5 heteroatoms. The van der Waals surface area contributed by atoms with Crippen LogP contribution in [-0.2, 0) is 9.59 Å². The van der Waals surface area contributed by atoms with Crippen LogP contribution in [-0.4, -0.2) is 35.0 Å². The molecular formula is C18H23N3O2. The molecule has 0 spiro atoms. The minimum atomic E-state index is -0.0566. The van der Waals surface area contributed by atoms with Gasteiger partial charge in [0.15, 0.2) is 0 Å². The van der Waals surface area contributed by atoms with Crippen LogP contribution >= 0.6 is 0 Å². The number of amides is 2. The van der Waals surface area contributed by atoms with Gasteiger partial charge in [0.1, 0.15) is 5.71 Å². The molecule has 0 unspecified atom stereocenters. The topological polar surface area (TPSA) is 53.0 Å². The first-order valence-corrected chi connectivity index (χ1v) is 8.34. The van der Waals surface area contributed by atoms with Gasteiger partial charge in [0, 0.05) is 25.4 Å². The number of nitrogens with zero attached hydrogens (tertiary/aromatic N) is 3. The van der Waals surface area contributed by atoms with E-state index < -0.39 is 0 Å². The van der Waals surface area contributed by atoms with E-state index in [4.69, 9.17) is 0 Å². The third-order valence-electron chi connectivity index (χ3n) is 4.59. The van der Waals surface area contributed by atoms with Crippen LogP contribution < -0.4 is 5.01 Å². The van der Waals surface area contributed by atoms with Crippen LogP contribution in [0.15, 0.2) is 29.4 Å². The summed E-state index contributed by atoms with van der Waals surface area (Å²) >= 11 is 0. The number of hydrogen-bond acceptors (Lipinski definition) is 3. The quantitative estimate of drug-likeness (QED) is 0.843. The summed E-state index contributed by atoms with van der Waals surface area (Å²) in [7, 11) is 0. The number of hydrazone groups is 1. The van der Waals surface area contributed by atoms with Crippen LogP contribution in [0.4, 0.5) is 5.69 Å². The van der Waals surface area contributed by atoms with Gasteiger partial charge in [-0.25, -0.2) is 5.01 Å². The summed E-state index contributed by atoms with van der Waals surface area (Å²) in [6.45, 7) is 4.85. The van der Waals surface area contributed by atoms with Gasteiger partial charge >= 0.3 is 0 Å². The van der Waals surface area contributed by atoms with Crippen molar-refractivity contribution in [2.24, 2.45) is 5.10 Å². The number of hydrogen-bond donors (Lipinski definition) is 0. The van der Waals surface area contributed by atoms with Crippen LogP contribution in [0.25, 0.3) is 0 Å². The maximum Gasteiger partial charge on any atom is 0.270 e. The highest BCUT2D eigenvalue weighted by Crippen LogP contribution is 2.23. The monoisotopic (exact) mass is 313 g/mol. The Kier molecular flexibility index (Phi) is 4.46. The molecule has 1 saturated heterocycles. The first-order chi connectivity index (χ1) is 11.1. The fourth-order valence-corrected chi connectivity index (χ4v) is 3.23. The minimum absolute atomic E-state index is 0.0117. The summed E-state index contributed by atoms with van der Waals surface area (Å²) in [6, 6.07) is 7.90. The lowest BCUT2D eigenvalue weighted by Crippen LogP contribution is -2.47. The lowest BCUT2D eigenvalue weighted by Gasteiger charge is -2.34. The van der Waals surface area contributed by atoms with Gasteiger partial charge in [0.2, 0.25) is 5.91 Å². The van der Waals surface area contributed by atoms with Crippen molar-refractivity contribution in [3.8, 4) is 0 Å². The summed E-state index contributed by atoms with van der Waals surface area (Å²) < 4.78 is 0. The molecule has 1 aromatic carbocycles. The Morgan fingerprint density at radius 1 is 1.26 bits per heavy atom. The van der Waals surface area contributed by atoms with E-state index in [1.165, 1.54) is 11.4 Å². The van der Waals surface area contributed by atoms with Crippen molar-refractivity contribution in [1.29, 1.82) is 0 Å². The first kappa shape index (κ1) is 15.7. The van der Waals surface area contributed by atoms with Gasteiger partial charge in [0.25, 0.3) is 5.91 Å². The van der Waals surface area contributed by atoms with E-state index in [2.05, 4.69) is 12.0 Å². The summed E-state index contributed by atoms with van der Waals surface area (Å²) in [5.41, 5.74) is 2.29. The molecule has 0 aliphatic carbocycles. The second-order valence-electron chi connectivity index (χ2n) is 6.43.